The number of ether oxygens (including phenoxy) is 2. The van der Waals surface area contributed by atoms with Crippen LogP contribution in [0.15, 0.2) is 66.7 Å². The van der Waals surface area contributed by atoms with Gasteiger partial charge < -0.3 is 9.47 Å². The molecule has 0 bridgehead atoms. The SMILES string of the molecule is CC(C)CCc1ccc(OC(C)OCc2cccc3ccccc23)cc1. The van der Waals surface area contributed by atoms with Crippen molar-refractivity contribution in [1.82, 2.24) is 0 Å². The largest absolute Gasteiger partial charge is 0.465 e. The van der Waals surface area contributed by atoms with Gasteiger partial charge in [0.1, 0.15) is 5.75 Å². The summed E-state index contributed by atoms with van der Waals surface area (Å²) in [7, 11) is 0. The summed E-state index contributed by atoms with van der Waals surface area (Å²) >= 11 is 0. The van der Waals surface area contributed by atoms with Crippen molar-refractivity contribution in [2.24, 2.45) is 5.92 Å². The molecule has 0 aliphatic carbocycles. The molecule has 3 aromatic carbocycles. The summed E-state index contributed by atoms with van der Waals surface area (Å²) in [5.41, 5.74) is 2.54. The van der Waals surface area contributed by atoms with Gasteiger partial charge in [-0.3, -0.25) is 0 Å². The topological polar surface area (TPSA) is 18.5 Å². The van der Waals surface area contributed by atoms with E-state index < -0.39 is 0 Å². The predicted octanol–water partition coefficient (Wildman–Crippen LogP) is 6.37. The number of rotatable bonds is 8. The number of aryl methyl sites for hydroxylation is 1. The molecule has 1 unspecified atom stereocenters. The van der Waals surface area contributed by atoms with Crippen molar-refractivity contribution in [3.05, 3.63) is 77.9 Å². The molecule has 2 heteroatoms. The van der Waals surface area contributed by atoms with Crippen molar-refractivity contribution >= 4 is 10.8 Å². The predicted molar refractivity (Wildman–Crippen MR) is 108 cm³/mol. The summed E-state index contributed by atoms with van der Waals surface area (Å²) in [5.74, 6) is 1.58. The molecule has 0 aromatic heterocycles. The highest BCUT2D eigenvalue weighted by atomic mass is 16.7. The molecule has 136 valence electrons. The summed E-state index contributed by atoms with van der Waals surface area (Å²) in [6.45, 7) is 6.99. The van der Waals surface area contributed by atoms with Crippen LogP contribution in [0.3, 0.4) is 0 Å². The van der Waals surface area contributed by atoms with E-state index in [0.29, 0.717) is 6.61 Å². The molecule has 0 saturated carbocycles. The molecule has 0 radical (unpaired) electrons. The fourth-order valence-corrected chi connectivity index (χ4v) is 3.04. The number of fused-ring (bicyclic) bond motifs is 1. The molecule has 0 aliphatic heterocycles. The van der Waals surface area contributed by atoms with E-state index in [9.17, 15) is 0 Å². The van der Waals surface area contributed by atoms with Crippen molar-refractivity contribution in [2.45, 2.75) is 46.5 Å². The van der Waals surface area contributed by atoms with Gasteiger partial charge in [0.25, 0.3) is 0 Å². The van der Waals surface area contributed by atoms with Gasteiger partial charge in [0.15, 0.2) is 6.29 Å². The van der Waals surface area contributed by atoms with Crippen LogP contribution >= 0.6 is 0 Å². The lowest BCUT2D eigenvalue weighted by Gasteiger charge is -2.16. The van der Waals surface area contributed by atoms with Crippen LogP contribution < -0.4 is 4.74 Å². The van der Waals surface area contributed by atoms with Crippen LogP contribution in [0.2, 0.25) is 0 Å². The van der Waals surface area contributed by atoms with Gasteiger partial charge in [-0.1, -0.05) is 68.4 Å². The van der Waals surface area contributed by atoms with Gasteiger partial charge in [0, 0.05) is 0 Å². The van der Waals surface area contributed by atoms with Crippen molar-refractivity contribution in [1.29, 1.82) is 0 Å². The maximum absolute atomic E-state index is 5.93. The van der Waals surface area contributed by atoms with Crippen LogP contribution in [-0.2, 0) is 17.8 Å². The molecule has 0 saturated heterocycles. The first kappa shape index (κ1) is 18.5. The molecule has 0 N–H and O–H groups in total. The Morgan fingerprint density at radius 2 is 1.54 bits per heavy atom. The lowest BCUT2D eigenvalue weighted by atomic mass is 10.0. The average molecular weight is 348 g/mol. The van der Waals surface area contributed by atoms with E-state index in [2.05, 4.69) is 68.4 Å². The Labute approximate surface area is 156 Å². The van der Waals surface area contributed by atoms with Gasteiger partial charge in [-0.15, -0.1) is 0 Å². The quantitative estimate of drug-likeness (QED) is 0.440. The molecule has 0 fully saturated rings. The summed E-state index contributed by atoms with van der Waals surface area (Å²) in [4.78, 5) is 0. The van der Waals surface area contributed by atoms with Gasteiger partial charge >= 0.3 is 0 Å². The molecule has 0 spiro atoms. The van der Waals surface area contributed by atoms with E-state index >= 15 is 0 Å². The molecule has 2 nitrogen and oxygen atoms in total. The first-order valence-electron chi connectivity index (χ1n) is 9.45. The minimum Gasteiger partial charge on any atom is -0.465 e. The Morgan fingerprint density at radius 1 is 0.808 bits per heavy atom. The third kappa shape index (κ3) is 5.09. The van der Waals surface area contributed by atoms with Gasteiger partial charge in [0.05, 0.1) is 6.61 Å². The van der Waals surface area contributed by atoms with Crippen LogP contribution in [0.4, 0.5) is 0 Å². The van der Waals surface area contributed by atoms with E-state index in [0.717, 1.165) is 18.1 Å². The molecular weight excluding hydrogens is 320 g/mol. The zero-order chi connectivity index (χ0) is 18.4. The summed E-state index contributed by atoms with van der Waals surface area (Å²) in [6.07, 6.45) is 2.03. The van der Waals surface area contributed by atoms with Crippen LogP contribution in [0, 0.1) is 5.92 Å². The zero-order valence-corrected chi connectivity index (χ0v) is 15.9. The molecule has 3 rings (SSSR count). The first-order chi connectivity index (χ1) is 12.6. The fraction of sp³-hybridized carbons (Fsp3) is 0.333. The van der Waals surface area contributed by atoms with Gasteiger partial charge in [0.2, 0.25) is 0 Å². The monoisotopic (exact) mass is 348 g/mol. The van der Waals surface area contributed by atoms with E-state index in [4.69, 9.17) is 9.47 Å². The highest BCUT2D eigenvalue weighted by molar-refractivity contribution is 5.85. The van der Waals surface area contributed by atoms with Crippen molar-refractivity contribution in [3.8, 4) is 5.75 Å². The molecule has 1 atom stereocenters. The van der Waals surface area contributed by atoms with E-state index in [1.807, 2.05) is 19.1 Å². The molecule has 0 heterocycles. The van der Waals surface area contributed by atoms with E-state index in [1.165, 1.54) is 28.3 Å². The van der Waals surface area contributed by atoms with Gasteiger partial charge in [-0.05, 0) is 59.7 Å². The fourth-order valence-electron chi connectivity index (χ4n) is 3.04. The van der Waals surface area contributed by atoms with Crippen LogP contribution in [-0.4, -0.2) is 6.29 Å². The number of hydrogen-bond acceptors (Lipinski definition) is 2. The van der Waals surface area contributed by atoms with Gasteiger partial charge in [-0.2, -0.15) is 0 Å². The highest BCUT2D eigenvalue weighted by Crippen LogP contribution is 2.21. The zero-order valence-electron chi connectivity index (χ0n) is 15.9. The lowest BCUT2D eigenvalue weighted by molar-refractivity contribution is -0.0755. The normalized spacial score (nSPS) is 12.5. The second-order valence-corrected chi connectivity index (χ2v) is 7.21. The molecular formula is C24H28O2. The Hall–Kier alpha value is -2.32. The van der Waals surface area contributed by atoms with Gasteiger partial charge in [-0.25, -0.2) is 0 Å². The molecule has 26 heavy (non-hydrogen) atoms. The Balaban J connectivity index is 1.54. The van der Waals surface area contributed by atoms with Crippen LogP contribution in [0.1, 0.15) is 38.3 Å². The number of benzene rings is 3. The Kier molecular flexibility index (Phi) is 6.30. The summed E-state index contributed by atoms with van der Waals surface area (Å²) in [5, 5.41) is 2.47. The second-order valence-electron chi connectivity index (χ2n) is 7.21. The Bertz CT molecular complexity index is 816. The first-order valence-corrected chi connectivity index (χ1v) is 9.45. The smallest absolute Gasteiger partial charge is 0.197 e. The molecule has 3 aromatic rings. The Morgan fingerprint density at radius 3 is 2.31 bits per heavy atom. The highest BCUT2D eigenvalue weighted by Gasteiger charge is 2.07. The van der Waals surface area contributed by atoms with E-state index in [-0.39, 0.29) is 6.29 Å². The molecule has 0 amide bonds. The van der Waals surface area contributed by atoms with Crippen LogP contribution in [0.25, 0.3) is 10.8 Å². The third-order valence-corrected chi connectivity index (χ3v) is 4.59. The maximum atomic E-state index is 5.93. The molecule has 0 aliphatic rings. The van der Waals surface area contributed by atoms with Crippen molar-refractivity contribution < 1.29 is 9.47 Å². The minimum absolute atomic E-state index is 0.296. The third-order valence-electron chi connectivity index (χ3n) is 4.59. The lowest BCUT2D eigenvalue weighted by Crippen LogP contribution is -2.16. The van der Waals surface area contributed by atoms with Crippen molar-refractivity contribution in [3.63, 3.8) is 0 Å². The summed E-state index contributed by atoms with van der Waals surface area (Å²) in [6, 6.07) is 23.1. The second kappa shape index (κ2) is 8.86. The van der Waals surface area contributed by atoms with E-state index in [1.54, 1.807) is 0 Å². The van der Waals surface area contributed by atoms with Crippen molar-refractivity contribution in [2.75, 3.05) is 0 Å². The minimum atomic E-state index is -0.296. The maximum Gasteiger partial charge on any atom is 0.197 e. The standard InChI is InChI=1S/C24H28O2/c1-18(2)11-12-20-13-15-23(16-14-20)26-19(3)25-17-22-9-6-8-21-7-4-5-10-24(21)22/h4-10,13-16,18-19H,11-12,17H2,1-3H3. The average Bonchev–Trinajstić information content (AvgIpc) is 2.65. The summed E-state index contributed by atoms with van der Waals surface area (Å²) < 4.78 is 11.8. The number of hydrogen-bond donors (Lipinski definition) is 0. The van der Waals surface area contributed by atoms with Crippen LogP contribution in [0.5, 0.6) is 5.75 Å².